The van der Waals surface area contributed by atoms with Crippen LogP contribution in [-0.2, 0) is 28.4 Å². The van der Waals surface area contributed by atoms with Crippen molar-refractivity contribution < 1.29 is 22.3 Å². The molecule has 4 nitrogen and oxygen atoms in total. The standard InChI is InChI=1S/C21H25F2NO3S/c1-2-14-3-5-16-12-28(26,27)13-21(20(16)9-14)24-11-19(25)6-4-15-7-17(22)10-18(23)8-15/h3,5,7-10,19,21,24-25H,2,4,6,11-13H2,1H3. The van der Waals surface area contributed by atoms with Crippen LogP contribution in [0.2, 0.25) is 0 Å². The second-order valence-electron chi connectivity index (χ2n) is 7.37. The smallest absolute Gasteiger partial charge is 0.156 e. The summed E-state index contributed by atoms with van der Waals surface area (Å²) in [7, 11) is -3.21. The molecule has 152 valence electrons. The van der Waals surface area contributed by atoms with Gasteiger partial charge in [0.05, 0.1) is 17.6 Å². The van der Waals surface area contributed by atoms with Gasteiger partial charge in [0.1, 0.15) is 11.6 Å². The van der Waals surface area contributed by atoms with E-state index in [4.69, 9.17) is 0 Å². The summed E-state index contributed by atoms with van der Waals surface area (Å²) in [5, 5.41) is 13.4. The highest BCUT2D eigenvalue weighted by Crippen LogP contribution is 2.29. The van der Waals surface area contributed by atoms with Gasteiger partial charge < -0.3 is 10.4 Å². The molecule has 0 saturated carbocycles. The van der Waals surface area contributed by atoms with Crippen LogP contribution in [0.1, 0.15) is 41.6 Å². The maximum absolute atomic E-state index is 13.2. The largest absolute Gasteiger partial charge is 0.392 e. The zero-order valence-electron chi connectivity index (χ0n) is 15.8. The molecule has 2 aromatic rings. The van der Waals surface area contributed by atoms with E-state index >= 15 is 0 Å². The summed E-state index contributed by atoms with van der Waals surface area (Å²) in [4.78, 5) is 0. The second-order valence-corrected chi connectivity index (χ2v) is 9.48. The number of aliphatic hydroxyl groups is 1. The number of hydrogen-bond acceptors (Lipinski definition) is 4. The van der Waals surface area contributed by atoms with Crippen LogP contribution in [0.3, 0.4) is 0 Å². The molecular formula is C21H25F2NO3S. The van der Waals surface area contributed by atoms with E-state index in [0.29, 0.717) is 18.4 Å². The van der Waals surface area contributed by atoms with Gasteiger partial charge in [-0.25, -0.2) is 17.2 Å². The van der Waals surface area contributed by atoms with Crippen molar-refractivity contribution >= 4 is 9.84 Å². The quantitative estimate of drug-likeness (QED) is 0.738. The Balaban J connectivity index is 1.63. The number of hydrogen-bond donors (Lipinski definition) is 2. The molecule has 2 N–H and O–H groups in total. The lowest BCUT2D eigenvalue weighted by Gasteiger charge is -2.28. The van der Waals surface area contributed by atoms with Crippen molar-refractivity contribution in [2.45, 2.75) is 44.1 Å². The molecule has 0 fully saturated rings. The second kappa shape index (κ2) is 8.68. The number of benzene rings is 2. The Morgan fingerprint density at radius 2 is 1.86 bits per heavy atom. The molecule has 0 aromatic heterocycles. The maximum atomic E-state index is 13.2. The number of rotatable bonds is 7. The zero-order valence-corrected chi connectivity index (χ0v) is 16.6. The fraction of sp³-hybridized carbons (Fsp3) is 0.429. The van der Waals surface area contributed by atoms with Gasteiger partial charge in [-0.15, -0.1) is 0 Å². The molecule has 0 amide bonds. The van der Waals surface area contributed by atoms with Crippen LogP contribution in [-0.4, -0.2) is 31.9 Å². The van der Waals surface area contributed by atoms with Crippen molar-refractivity contribution in [2.75, 3.05) is 12.3 Å². The number of halogens is 2. The highest BCUT2D eigenvalue weighted by atomic mass is 32.2. The van der Waals surface area contributed by atoms with Crippen molar-refractivity contribution in [3.8, 4) is 0 Å². The Labute approximate surface area is 164 Å². The van der Waals surface area contributed by atoms with E-state index < -0.39 is 27.6 Å². The summed E-state index contributed by atoms with van der Waals surface area (Å²) < 4.78 is 50.9. The monoisotopic (exact) mass is 409 g/mol. The Bertz CT molecular complexity index is 926. The van der Waals surface area contributed by atoms with Crippen molar-refractivity contribution in [1.82, 2.24) is 5.32 Å². The first-order chi connectivity index (χ1) is 13.3. The molecule has 3 rings (SSSR count). The summed E-state index contributed by atoms with van der Waals surface area (Å²) >= 11 is 0. The third kappa shape index (κ3) is 5.37. The SMILES string of the molecule is CCc1ccc2c(c1)C(NCC(O)CCc1cc(F)cc(F)c1)CS(=O)(=O)C2. The molecule has 28 heavy (non-hydrogen) atoms. The van der Waals surface area contributed by atoms with E-state index in [1.54, 1.807) is 0 Å². The van der Waals surface area contributed by atoms with Crippen LogP contribution in [0.15, 0.2) is 36.4 Å². The third-order valence-electron chi connectivity index (χ3n) is 5.08. The molecule has 1 aliphatic rings. The topological polar surface area (TPSA) is 66.4 Å². The van der Waals surface area contributed by atoms with Gasteiger partial charge in [0.15, 0.2) is 9.84 Å². The van der Waals surface area contributed by atoms with Gasteiger partial charge in [-0.3, -0.25) is 0 Å². The van der Waals surface area contributed by atoms with Crippen LogP contribution in [0.25, 0.3) is 0 Å². The van der Waals surface area contributed by atoms with E-state index in [1.807, 2.05) is 25.1 Å². The van der Waals surface area contributed by atoms with Gasteiger partial charge in [0.25, 0.3) is 0 Å². The Morgan fingerprint density at radius 1 is 1.14 bits per heavy atom. The van der Waals surface area contributed by atoms with Crippen molar-refractivity contribution in [3.05, 3.63) is 70.3 Å². The van der Waals surface area contributed by atoms with E-state index in [9.17, 15) is 22.3 Å². The Hall–Kier alpha value is -1.83. The lowest BCUT2D eigenvalue weighted by molar-refractivity contribution is 0.158. The highest BCUT2D eigenvalue weighted by molar-refractivity contribution is 7.90. The number of sulfone groups is 1. The average Bonchev–Trinajstić information content (AvgIpc) is 2.62. The normalized spacial score (nSPS) is 19.2. The number of nitrogens with one attached hydrogen (secondary N) is 1. The van der Waals surface area contributed by atoms with Crippen LogP contribution in [0.5, 0.6) is 0 Å². The first-order valence-corrected chi connectivity index (χ1v) is 11.3. The fourth-order valence-electron chi connectivity index (χ4n) is 3.60. The van der Waals surface area contributed by atoms with Gasteiger partial charge >= 0.3 is 0 Å². The van der Waals surface area contributed by atoms with Gasteiger partial charge in [0, 0.05) is 18.7 Å². The van der Waals surface area contributed by atoms with Crippen molar-refractivity contribution in [1.29, 1.82) is 0 Å². The molecule has 0 radical (unpaired) electrons. The van der Waals surface area contributed by atoms with E-state index in [0.717, 1.165) is 29.2 Å². The summed E-state index contributed by atoms with van der Waals surface area (Å²) in [6.07, 6.45) is 0.752. The summed E-state index contributed by atoms with van der Waals surface area (Å²) in [5.74, 6) is -1.25. The van der Waals surface area contributed by atoms with Crippen molar-refractivity contribution in [3.63, 3.8) is 0 Å². The Morgan fingerprint density at radius 3 is 2.54 bits per heavy atom. The molecule has 7 heteroatoms. The minimum Gasteiger partial charge on any atom is -0.392 e. The molecule has 0 saturated heterocycles. The minimum atomic E-state index is -3.21. The highest BCUT2D eigenvalue weighted by Gasteiger charge is 2.30. The first-order valence-electron chi connectivity index (χ1n) is 9.44. The van der Waals surface area contributed by atoms with E-state index in [2.05, 4.69) is 5.32 Å². The van der Waals surface area contributed by atoms with Gasteiger partial charge in [-0.1, -0.05) is 25.1 Å². The third-order valence-corrected chi connectivity index (χ3v) is 6.67. The number of aliphatic hydroxyl groups excluding tert-OH is 1. The molecular weight excluding hydrogens is 384 g/mol. The number of fused-ring (bicyclic) bond motifs is 1. The maximum Gasteiger partial charge on any atom is 0.156 e. The molecule has 2 aromatic carbocycles. The predicted molar refractivity (Wildman–Crippen MR) is 105 cm³/mol. The van der Waals surface area contributed by atoms with Gasteiger partial charge in [0.2, 0.25) is 0 Å². The van der Waals surface area contributed by atoms with Gasteiger partial charge in [-0.2, -0.15) is 0 Å². The lowest BCUT2D eigenvalue weighted by atomic mass is 9.97. The fourth-order valence-corrected chi connectivity index (χ4v) is 5.26. The van der Waals surface area contributed by atoms with Crippen LogP contribution < -0.4 is 5.32 Å². The van der Waals surface area contributed by atoms with Crippen molar-refractivity contribution in [2.24, 2.45) is 0 Å². The minimum absolute atomic E-state index is 0.00496. The lowest BCUT2D eigenvalue weighted by Crippen LogP contribution is -2.37. The van der Waals surface area contributed by atoms with Crippen LogP contribution in [0, 0.1) is 11.6 Å². The average molecular weight is 409 g/mol. The molecule has 1 aliphatic heterocycles. The molecule has 0 spiro atoms. The summed E-state index contributed by atoms with van der Waals surface area (Å²) in [6.45, 7) is 2.25. The number of aryl methyl sites for hydroxylation is 2. The molecule has 2 atom stereocenters. The van der Waals surface area contributed by atoms with Crippen LogP contribution >= 0.6 is 0 Å². The van der Waals surface area contributed by atoms with Crippen LogP contribution in [0.4, 0.5) is 8.78 Å². The molecule has 2 unspecified atom stereocenters. The Kier molecular flexibility index (Phi) is 6.47. The molecule has 0 bridgehead atoms. The summed E-state index contributed by atoms with van der Waals surface area (Å²) in [6, 6.07) is 8.79. The first kappa shape index (κ1) is 20.9. The predicted octanol–water partition coefficient (Wildman–Crippen LogP) is 3.08. The summed E-state index contributed by atoms with van der Waals surface area (Å²) in [5.41, 5.74) is 3.38. The molecule has 1 heterocycles. The van der Waals surface area contributed by atoms with E-state index in [-0.39, 0.29) is 24.1 Å². The van der Waals surface area contributed by atoms with Gasteiger partial charge in [-0.05, 0) is 53.6 Å². The molecule has 0 aliphatic carbocycles. The van der Waals surface area contributed by atoms with E-state index in [1.165, 1.54) is 12.1 Å². The zero-order chi connectivity index (χ0) is 20.3.